The number of fused-ring (bicyclic) bond motifs is 1. The summed E-state index contributed by atoms with van der Waals surface area (Å²) < 4.78 is 10.8. The van der Waals surface area contributed by atoms with Crippen molar-refractivity contribution in [2.75, 3.05) is 32.2 Å². The lowest BCUT2D eigenvalue weighted by Crippen LogP contribution is -2.61. The number of halogens is 1. The van der Waals surface area contributed by atoms with Crippen LogP contribution in [-0.2, 0) is 16.0 Å². The number of hydrogen-bond acceptors (Lipinski definition) is 6. The first-order valence-electron chi connectivity index (χ1n) is 11.6. The van der Waals surface area contributed by atoms with Crippen LogP contribution < -0.4 is 20.7 Å². The Bertz CT molecular complexity index is 1470. The minimum Gasteiger partial charge on any atom is -0.493 e. The highest BCUT2D eigenvalue weighted by Crippen LogP contribution is 2.41. The van der Waals surface area contributed by atoms with Crippen LogP contribution in [0.2, 0.25) is 5.02 Å². The van der Waals surface area contributed by atoms with Crippen LogP contribution in [0.1, 0.15) is 21.6 Å². The molecule has 3 aromatic rings. The molecule has 2 aliphatic rings. The summed E-state index contributed by atoms with van der Waals surface area (Å²) in [6.45, 7) is 4.57. The number of carbonyl (C=O) groups excluding carboxylic acids is 2. The average molecular weight is 518 g/mol. The molecule has 1 fully saturated rings. The number of pyridine rings is 1. The minimum atomic E-state index is -0.803. The van der Waals surface area contributed by atoms with Gasteiger partial charge in [0.1, 0.15) is 5.54 Å². The number of hydrogen-bond donors (Lipinski definition) is 4. The second kappa shape index (κ2) is 10.0. The molecule has 5 rings (SSSR count). The van der Waals surface area contributed by atoms with E-state index in [4.69, 9.17) is 21.1 Å². The highest BCUT2D eigenvalue weighted by molar-refractivity contribution is 6.32. The number of benzene rings is 1. The largest absolute Gasteiger partial charge is 0.493 e. The van der Waals surface area contributed by atoms with Gasteiger partial charge in [-0.05, 0) is 24.3 Å². The van der Waals surface area contributed by atoms with Gasteiger partial charge in [-0.15, -0.1) is 0 Å². The summed E-state index contributed by atoms with van der Waals surface area (Å²) in [7, 11) is 1.54. The van der Waals surface area contributed by atoms with Gasteiger partial charge in [0, 0.05) is 36.6 Å². The predicted octanol–water partition coefficient (Wildman–Crippen LogP) is 3.19. The van der Waals surface area contributed by atoms with E-state index in [1.165, 1.54) is 13.2 Å². The second-order valence-corrected chi connectivity index (χ2v) is 9.03. The topological polar surface area (TPSA) is 117 Å². The van der Waals surface area contributed by atoms with Gasteiger partial charge in [0.15, 0.2) is 5.75 Å². The Morgan fingerprint density at radius 3 is 2.92 bits per heavy atom. The lowest BCUT2D eigenvalue weighted by molar-refractivity contribution is -0.123. The molecule has 0 bridgehead atoms. The summed E-state index contributed by atoms with van der Waals surface area (Å²) in [5.41, 5.74) is 3.72. The molecule has 4 heterocycles. The molecular weight excluding hydrogens is 494 g/mol. The van der Waals surface area contributed by atoms with Crippen molar-refractivity contribution >= 4 is 34.8 Å². The van der Waals surface area contributed by atoms with Crippen LogP contribution in [0.5, 0.6) is 5.75 Å². The van der Waals surface area contributed by atoms with Crippen molar-refractivity contribution in [3.05, 3.63) is 71.2 Å². The molecule has 0 unspecified atom stereocenters. The van der Waals surface area contributed by atoms with Gasteiger partial charge in [0.2, 0.25) is 5.91 Å². The Balaban J connectivity index is 1.62. The van der Waals surface area contributed by atoms with E-state index in [-0.39, 0.29) is 25.0 Å². The molecule has 10 heteroatoms. The van der Waals surface area contributed by atoms with E-state index in [0.717, 1.165) is 11.3 Å². The number of nitrogens with one attached hydrogen (secondary N) is 4. The summed E-state index contributed by atoms with van der Waals surface area (Å²) in [6, 6.07) is 7.18. The zero-order valence-electron chi connectivity index (χ0n) is 20.0. The van der Waals surface area contributed by atoms with Gasteiger partial charge < -0.3 is 30.4 Å². The number of para-hydroxylation sites is 1. The molecule has 4 N–H and O–H groups in total. The number of anilines is 2. The SMILES string of the molecule is C=CC(=O)NC1(C#Cc2cnccc2-c2[nH]c3c(c2Nc2cccc(Cl)c2OC)C(=O)NCC3)COC1. The summed E-state index contributed by atoms with van der Waals surface area (Å²) in [5, 5.41) is 9.56. The fourth-order valence-corrected chi connectivity index (χ4v) is 4.58. The van der Waals surface area contributed by atoms with Crippen LogP contribution in [0.15, 0.2) is 49.3 Å². The zero-order chi connectivity index (χ0) is 26.0. The Labute approximate surface area is 218 Å². The minimum absolute atomic E-state index is 0.188. The number of amides is 2. The van der Waals surface area contributed by atoms with Crippen molar-refractivity contribution in [3.63, 3.8) is 0 Å². The van der Waals surface area contributed by atoms with E-state index < -0.39 is 5.54 Å². The maximum absolute atomic E-state index is 13.0. The lowest BCUT2D eigenvalue weighted by atomic mass is 9.96. The van der Waals surface area contributed by atoms with Gasteiger partial charge in [-0.3, -0.25) is 14.6 Å². The molecule has 0 spiro atoms. The fourth-order valence-electron chi connectivity index (χ4n) is 4.32. The zero-order valence-corrected chi connectivity index (χ0v) is 20.8. The summed E-state index contributed by atoms with van der Waals surface area (Å²) in [6.07, 6.45) is 5.15. The third-order valence-electron chi connectivity index (χ3n) is 6.17. The van der Waals surface area contributed by atoms with Gasteiger partial charge in [-0.2, -0.15) is 0 Å². The maximum atomic E-state index is 13.0. The monoisotopic (exact) mass is 517 g/mol. The molecule has 2 amide bonds. The van der Waals surface area contributed by atoms with Crippen molar-refractivity contribution < 1.29 is 19.1 Å². The summed E-state index contributed by atoms with van der Waals surface area (Å²) in [4.78, 5) is 32.6. The lowest BCUT2D eigenvalue weighted by Gasteiger charge is -2.37. The summed E-state index contributed by atoms with van der Waals surface area (Å²) >= 11 is 6.35. The van der Waals surface area contributed by atoms with E-state index >= 15 is 0 Å². The van der Waals surface area contributed by atoms with Crippen LogP contribution in [0.4, 0.5) is 11.4 Å². The van der Waals surface area contributed by atoms with Crippen molar-refractivity contribution in [1.29, 1.82) is 0 Å². The molecule has 0 radical (unpaired) electrons. The van der Waals surface area contributed by atoms with Crippen LogP contribution >= 0.6 is 11.6 Å². The number of methoxy groups -OCH3 is 1. The number of rotatable bonds is 6. The molecule has 2 aromatic heterocycles. The first kappa shape index (κ1) is 24.4. The van der Waals surface area contributed by atoms with E-state index in [1.54, 1.807) is 24.5 Å². The normalized spacial score (nSPS) is 15.2. The molecule has 1 aromatic carbocycles. The van der Waals surface area contributed by atoms with E-state index in [1.807, 2.05) is 12.1 Å². The smallest absolute Gasteiger partial charge is 0.255 e. The molecule has 0 saturated carbocycles. The second-order valence-electron chi connectivity index (χ2n) is 8.62. The van der Waals surface area contributed by atoms with Gasteiger partial charge in [-0.25, -0.2) is 0 Å². The molecule has 37 heavy (non-hydrogen) atoms. The first-order valence-corrected chi connectivity index (χ1v) is 11.9. The number of nitrogens with zero attached hydrogens (tertiary/aromatic N) is 1. The van der Waals surface area contributed by atoms with Gasteiger partial charge >= 0.3 is 0 Å². The van der Waals surface area contributed by atoms with Crippen LogP contribution in [0.25, 0.3) is 11.3 Å². The van der Waals surface area contributed by atoms with Gasteiger partial charge in [0.25, 0.3) is 5.91 Å². The quantitative estimate of drug-likeness (QED) is 0.295. The Morgan fingerprint density at radius 1 is 1.35 bits per heavy atom. The molecule has 0 aliphatic carbocycles. The molecule has 0 atom stereocenters. The third-order valence-corrected chi connectivity index (χ3v) is 6.47. The van der Waals surface area contributed by atoms with Crippen molar-refractivity contribution in [3.8, 4) is 28.8 Å². The Kier molecular flexibility index (Phi) is 6.61. The van der Waals surface area contributed by atoms with Crippen LogP contribution in [-0.4, -0.2) is 54.2 Å². The van der Waals surface area contributed by atoms with Crippen LogP contribution in [0.3, 0.4) is 0 Å². The molecular formula is C27H24ClN5O4. The van der Waals surface area contributed by atoms with E-state index in [2.05, 4.69) is 44.3 Å². The van der Waals surface area contributed by atoms with Crippen LogP contribution in [0, 0.1) is 11.8 Å². The number of aromatic amines is 1. The highest BCUT2D eigenvalue weighted by Gasteiger charge is 2.38. The maximum Gasteiger partial charge on any atom is 0.255 e. The fraction of sp³-hybridized carbons (Fsp3) is 0.222. The van der Waals surface area contributed by atoms with E-state index in [0.29, 0.717) is 51.9 Å². The molecule has 188 valence electrons. The predicted molar refractivity (Wildman–Crippen MR) is 140 cm³/mol. The van der Waals surface area contributed by atoms with Gasteiger partial charge in [-0.1, -0.05) is 36.1 Å². The Hall–Kier alpha value is -4.26. The Morgan fingerprint density at radius 2 is 2.19 bits per heavy atom. The average Bonchev–Trinajstić information content (AvgIpc) is 3.25. The number of H-pyrrole nitrogens is 1. The number of ether oxygens (including phenoxy) is 2. The van der Waals surface area contributed by atoms with Crippen molar-refractivity contribution in [2.45, 2.75) is 12.0 Å². The number of carbonyl (C=O) groups is 2. The standard InChI is InChI=1S/C27H24ClN5O4/c1-3-21(34)33-27(14-37-15-27)10-7-16-13-29-11-8-17(16)23-24(22-19(31-23)9-12-30-26(22)35)32-20-6-4-5-18(28)25(20)36-2/h3-6,8,11,13,31-32H,1,9,12,14-15H2,2H3,(H,30,35)(H,33,34). The first-order chi connectivity index (χ1) is 17.9. The summed E-state index contributed by atoms with van der Waals surface area (Å²) in [5.74, 6) is 6.25. The van der Waals surface area contributed by atoms with E-state index in [9.17, 15) is 9.59 Å². The van der Waals surface area contributed by atoms with Crippen molar-refractivity contribution in [2.24, 2.45) is 0 Å². The highest BCUT2D eigenvalue weighted by atomic mass is 35.5. The molecule has 9 nitrogen and oxygen atoms in total. The third kappa shape index (κ3) is 4.65. The molecule has 2 aliphatic heterocycles. The van der Waals surface area contributed by atoms with Crippen molar-refractivity contribution in [1.82, 2.24) is 20.6 Å². The molecule has 1 saturated heterocycles. The number of aromatic nitrogens is 2. The van der Waals surface area contributed by atoms with Gasteiger partial charge in [0.05, 0.1) is 53.5 Å².